The Kier molecular flexibility index (Phi) is 7.02. The van der Waals surface area contributed by atoms with Crippen LogP contribution in [0.25, 0.3) is 0 Å². The van der Waals surface area contributed by atoms with Crippen molar-refractivity contribution in [3.05, 3.63) is 94.0 Å². The number of halogens is 1. The van der Waals surface area contributed by atoms with Gasteiger partial charge in [-0.3, -0.25) is 9.59 Å². The fraction of sp³-hybridized carbons (Fsp3) is 0.200. The lowest BCUT2D eigenvalue weighted by molar-refractivity contribution is -0.116. The number of aryl methyl sites for hydroxylation is 1. The molecule has 2 amide bonds. The van der Waals surface area contributed by atoms with Crippen LogP contribution in [0.4, 0.5) is 11.4 Å². The zero-order chi connectivity index (χ0) is 22.5. The number of anilines is 2. The molecular formula is C25H24ClN3O2S. The van der Waals surface area contributed by atoms with Gasteiger partial charge in [-0.1, -0.05) is 54.1 Å². The molecule has 0 fully saturated rings. The normalized spacial score (nSPS) is 14.8. The SMILES string of the molecule is Cc1ccccc1CSC[C@H]1Nc2ccc(C(=O)NCc3ccccc3Cl)cc2NC1=O. The number of nitrogens with one attached hydrogen (secondary N) is 3. The van der Waals surface area contributed by atoms with Crippen molar-refractivity contribution in [1.82, 2.24) is 5.32 Å². The molecule has 4 rings (SSSR count). The van der Waals surface area contributed by atoms with E-state index in [-0.39, 0.29) is 17.9 Å². The molecular weight excluding hydrogens is 442 g/mol. The highest BCUT2D eigenvalue weighted by atomic mass is 35.5. The van der Waals surface area contributed by atoms with Crippen LogP contribution in [0.3, 0.4) is 0 Å². The molecule has 3 N–H and O–H groups in total. The molecule has 0 saturated carbocycles. The molecule has 3 aromatic rings. The first kappa shape index (κ1) is 22.2. The van der Waals surface area contributed by atoms with E-state index in [1.165, 1.54) is 11.1 Å². The summed E-state index contributed by atoms with van der Waals surface area (Å²) in [6.07, 6.45) is 0. The zero-order valence-electron chi connectivity index (χ0n) is 17.7. The van der Waals surface area contributed by atoms with Gasteiger partial charge in [-0.25, -0.2) is 0 Å². The summed E-state index contributed by atoms with van der Waals surface area (Å²) in [6.45, 7) is 2.43. The molecule has 0 aliphatic carbocycles. The van der Waals surface area contributed by atoms with Gasteiger partial charge in [0.05, 0.1) is 11.4 Å². The van der Waals surface area contributed by atoms with E-state index >= 15 is 0 Å². The molecule has 0 bridgehead atoms. The number of carbonyl (C=O) groups excluding carboxylic acids is 2. The molecule has 0 spiro atoms. The summed E-state index contributed by atoms with van der Waals surface area (Å²) >= 11 is 7.87. The van der Waals surface area contributed by atoms with Gasteiger partial charge in [0.15, 0.2) is 0 Å². The number of hydrogen-bond acceptors (Lipinski definition) is 4. The fourth-order valence-electron chi connectivity index (χ4n) is 3.48. The van der Waals surface area contributed by atoms with E-state index in [9.17, 15) is 9.59 Å². The summed E-state index contributed by atoms with van der Waals surface area (Å²) in [4.78, 5) is 25.2. The van der Waals surface area contributed by atoms with E-state index < -0.39 is 0 Å². The second-order valence-corrected chi connectivity index (χ2v) is 9.10. The van der Waals surface area contributed by atoms with E-state index in [0.29, 0.717) is 28.6 Å². The number of thioether (sulfide) groups is 1. The van der Waals surface area contributed by atoms with Crippen LogP contribution in [-0.2, 0) is 17.1 Å². The van der Waals surface area contributed by atoms with Gasteiger partial charge in [0, 0.05) is 28.6 Å². The first-order valence-electron chi connectivity index (χ1n) is 10.4. The average molecular weight is 466 g/mol. The second-order valence-electron chi connectivity index (χ2n) is 7.66. The number of rotatable bonds is 7. The third kappa shape index (κ3) is 5.26. The van der Waals surface area contributed by atoms with Gasteiger partial charge >= 0.3 is 0 Å². The molecule has 0 radical (unpaired) electrons. The van der Waals surface area contributed by atoms with E-state index in [2.05, 4.69) is 35.0 Å². The predicted octanol–water partition coefficient (Wildman–Crippen LogP) is 5.24. The highest BCUT2D eigenvalue weighted by Gasteiger charge is 2.26. The van der Waals surface area contributed by atoms with Crippen molar-refractivity contribution in [3.8, 4) is 0 Å². The molecule has 164 valence electrons. The monoisotopic (exact) mass is 465 g/mol. The predicted molar refractivity (Wildman–Crippen MR) is 132 cm³/mol. The summed E-state index contributed by atoms with van der Waals surface area (Å²) in [7, 11) is 0. The third-order valence-electron chi connectivity index (χ3n) is 5.39. The van der Waals surface area contributed by atoms with E-state index in [1.807, 2.05) is 36.4 Å². The Morgan fingerprint density at radius 1 is 1.03 bits per heavy atom. The van der Waals surface area contributed by atoms with Gasteiger partial charge in [0.25, 0.3) is 5.91 Å². The van der Waals surface area contributed by atoms with Gasteiger partial charge in [0.1, 0.15) is 6.04 Å². The molecule has 3 aromatic carbocycles. The first-order valence-corrected chi connectivity index (χ1v) is 11.9. The Morgan fingerprint density at radius 2 is 1.78 bits per heavy atom. The standard InChI is InChI=1S/C25H24ClN3O2S/c1-16-6-2-3-8-19(16)14-32-15-23-25(31)29-22-12-17(10-11-21(22)28-23)24(30)27-13-18-7-4-5-9-20(18)26/h2-12,23,28H,13-15H2,1H3,(H,27,30)(H,29,31)/t23-/m1/s1. The molecule has 0 saturated heterocycles. The number of amides is 2. The maximum atomic E-state index is 12.6. The number of carbonyl (C=O) groups is 2. The lowest BCUT2D eigenvalue weighted by Crippen LogP contribution is -2.40. The van der Waals surface area contributed by atoms with Crippen molar-refractivity contribution in [3.63, 3.8) is 0 Å². The van der Waals surface area contributed by atoms with Crippen molar-refractivity contribution in [2.24, 2.45) is 0 Å². The van der Waals surface area contributed by atoms with Crippen LogP contribution in [0.15, 0.2) is 66.7 Å². The summed E-state index contributed by atoms with van der Waals surface area (Å²) in [5.41, 5.74) is 5.29. The van der Waals surface area contributed by atoms with Crippen LogP contribution in [0.5, 0.6) is 0 Å². The fourth-order valence-corrected chi connectivity index (χ4v) is 4.82. The zero-order valence-corrected chi connectivity index (χ0v) is 19.2. The number of fused-ring (bicyclic) bond motifs is 1. The van der Waals surface area contributed by atoms with E-state index in [0.717, 1.165) is 17.0 Å². The molecule has 0 aromatic heterocycles. The van der Waals surface area contributed by atoms with E-state index in [1.54, 1.807) is 30.0 Å². The molecule has 0 unspecified atom stereocenters. The molecule has 1 atom stereocenters. The quantitative estimate of drug-likeness (QED) is 0.446. The Hall–Kier alpha value is -2.96. The van der Waals surface area contributed by atoms with E-state index in [4.69, 9.17) is 11.6 Å². The minimum atomic E-state index is -0.323. The summed E-state index contributed by atoms with van der Waals surface area (Å²) in [5, 5.41) is 9.71. The molecule has 1 aliphatic heterocycles. The van der Waals surface area contributed by atoms with Crippen LogP contribution >= 0.6 is 23.4 Å². The van der Waals surface area contributed by atoms with Crippen molar-refractivity contribution in [1.29, 1.82) is 0 Å². The molecule has 7 heteroatoms. The van der Waals surface area contributed by atoms with Crippen molar-refractivity contribution >= 4 is 46.6 Å². The van der Waals surface area contributed by atoms with Crippen LogP contribution in [0.2, 0.25) is 5.02 Å². The van der Waals surface area contributed by atoms with Crippen molar-refractivity contribution in [2.45, 2.75) is 25.3 Å². The molecule has 1 heterocycles. The smallest absolute Gasteiger partial charge is 0.251 e. The highest BCUT2D eigenvalue weighted by molar-refractivity contribution is 7.98. The van der Waals surface area contributed by atoms with Crippen LogP contribution in [0.1, 0.15) is 27.0 Å². The Labute approximate surface area is 196 Å². The number of benzene rings is 3. The van der Waals surface area contributed by atoms with Gasteiger partial charge in [0.2, 0.25) is 5.91 Å². The van der Waals surface area contributed by atoms with Gasteiger partial charge in [-0.2, -0.15) is 11.8 Å². The minimum absolute atomic E-state index is 0.0941. The Bertz CT molecular complexity index is 1150. The first-order chi connectivity index (χ1) is 15.5. The summed E-state index contributed by atoms with van der Waals surface area (Å²) in [6, 6.07) is 20.6. The summed E-state index contributed by atoms with van der Waals surface area (Å²) in [5.74, 6) is 1.19. The van der Waals surface area contributed by atoms with Gasteiger partial charge in [-0.05, 0) is 47.9 Å². The maximum Gasteiger partial charge on any atom is 0.251 e. The van der Waals surface area contributed by atoms with Gasteiger partial charge < -0.3 is 16.0 Å². The summed E-state index contributed by atoms with van der Waals surface area (Å²) < 4.78 is 0. The number of hydrogen-bond donors (Lipinski definition) is 3. The molecule has 32 heavy (non-hydrogen) atoms. The maximum absolute atomic E-state index is 12.6. The highest BCUT2D eigenvalue weighted by Crippen LogP contribution is 2.29. The topological polar surface area (TPSA) is 70.2 Å². The van der Waals surface area contributed by atoms with Gasteiger partial charge in [-0.15, -0.1) is 0 Å². The lowest BCUT2D eigenvalue weighted by Gasteiger charge is -2.27. The Morgan fingerprint density at radius 3 is 2.56 bits per heavy atom. The van der Waals surface area contributed by atoms with Crippen LogP contribution < -0.4 is 16.0 Å². The Balaban J connectivity index is 1.35. The molecule has 1 aliphatic rings. The van der Waals surface area contributed by atoms with Crippen LogP contribution in [-0.4, -0.2) is 23.6 Å². The average Bonchev–Trinajstić information content (AvgIpc) is 2.79. The van der Waals surface area contributed by atoms with Crippen LogP contribution in [0, 0.1) is 6.92 Å². The van der Waals surface area contributed by atoms with Crippen molar-refractivity contribution in [2.75, 3.05) is 16.4 Å². The third-order valence-corrected chi connectivity index (χ3v) is 6.84. The lowest BCUT2D eigenvalue weighted by atomic mass is 10.1. The largest absolute Gasteiger partial charge is 0.371 e. The molecule has 5 nitrogen and oxygen atoms in total. The van der Waals surface area contributed by atoms with Crippen molar-refractivity contribution < 1.29 is 9.59 Å². The minimum Gasteiger partial charge on any atom is -0.371 e. The second kappa shape index (κ2) is 10.1.